The lowest BCUT2D eigenvalue weighted by Crippen LogP contribution is -2.23. The maximum absolute atomic E-state index is 6.08. The van der Waals surface area contributed by atoms with Crippen molar-refractivity contribution in [2.75, 3.05) is 11.5 Å². The van der Waals surface area contributed by atoms with Crippen LogP contribution in [-0.4, -0.2) is 0 Å². The van der Waals surface area contributed by atoms with Gasteiger partial charge in [0.2, 0.25) is 0 Å². The molecule has 4 rings (SSSR count). The van der Waals surface area contributed by atoms with Gasteiger partial charge in [0, 0.05) is 16.8 Å². The summed E-state index contributed by atoms with van der Waals surface area (Å²) in [6, 6.07) is 32.2. The molecule has 0 atom stereocenters. The van der Waals surface area contributed by atoms with E-state index in [0.29, 0.717) is 0 Å². The monoisotopic (exact) mass is 578 g/mol. The molecular weight excluding hydrogens is 528 g/mol. The molecule has 4 aromatic carbocycles. The van der Waals surface area contributed by atoms with Crippen LogP contribution in [-0.2, 0) is 5.41 Å². The zero-order chi connectivity index (χ0) is 30.3. The Bertz CT molecular complexity index is 1240. The number of ether oxygens (including phenoxy) is 2. The van der Waals surface area contributed by atoms with E-state index in [2.05, 4.69) is 62.4 Å². The van der Waals surface area contributed by atoms with Gasteiger partial charge in [-0.15, -0.1) is 0 Å². The number of nitrogens with two attached hydrogens (primary N) is 2. The van der Waals surface area contributed by atoms with Crippen molar-refractivity contribution in [2.45, 2.75) is 96.3 Å². The van der Waals surface area contributed by atoms with Crippen molar-refractivity contribution in [1.29, 1.82) is 0 Å². The summed E-state index contributed by atoms with van der Waals surface area (Å²) in [5.41, 5.74) is 15.6. The molecule has 0 saturated carbocycles. The number of hydrogen-bond acceptors (Lipinski definition) is 4. The summed E-state index contributed by atoms with van der Waals surface area (Å²) in [5, 5.41) is 0. The Morgan fingerprint density at radius 1 is 0.442 bits per heavy atom. The van der Waals surface area contributed by atoms with E-state index in [0.717, 1.165) is 40.8 Å². The lowest BCUT2D eigenvalue weighted by Gasteiger charge is -2.31. The molecule has 0 aliphatic heterocycles. The number of rotatable bonds is 18. The second kappa shape index (κ2) is 16.6. The maximum Gasteiger partial charge on any atom is 0.127 e. The standard InChI is InChI=1S/C39H50N2O2/c1-3-4-5-6-7-8-9-10-11-12-13-30-39(2,31-14-22-35(23-15-31)42-37-26-18-33(40)19-27-37)32-16-24-36(25-17-32)43-38-28-20-34(41)21-29-38/h14-29H,3-13,30,40-41H2,1-2H3. The van der Waals surface area contributed by atoms with E-state index in [4.69, 9.17) is 20.9 Å². The fourth-order valence-corrected chi connectivity index (χ4v) is 5.72. The largest absolute Gasteiger partial charge is 0.457 e. The Morgan fingerprint density at radius 3 is 1.09 bits per heavy atom. The fraction of sp³-hybridized carbons (Fsp3) is 0.385. The highest BCUT2D eigenvalue weighted by Gasteiger charge is 2.28. The third-order valence-electron chi connectivity index (χ3n) is 8.49. The molecule has 0 heterocycles. The average molecular weight is 579 g/mol. The fourth-order valence-electron chi connectivity index (χ4n) is 5.72. The number of anilines is 2. The highest BCUT2D eigenvalue weighted by atomic mass is 16.5. The van der Waals surface area contributed by atoms with Crippen LogP contribution in [0.2, 0.25) is 0 Å². The molecule has 4 N–H and O–H groups in total. The van der Waals surface area contributed by atoms with Crippen LogP contribution in [0.5, 0.6) is 23.0 Å². The van der Waals surface area contributed by atoms with Crippen LogP contribution in [0.3, 0.4) is 0 Å². The van der Waals surface area contributed by atoms with Gasteiger partial charge < -0.3 is 20.9 Å². The lowest BCUT2D eigenvalue weighted by molar-refractivity contribution is 0.462. The van der Waals surface area contributed by atoms with Crippen LogP contribution in [0.1, 0.15) is 102 Å². The van der Waals surface area contributed by atoms with Gasteiger partial charge in [-0.1, -0.05) is 109 Å². The van der Waals surface area contributed by atoms with Gasteiger partial charge in [-0.2, -0.15) is 0 Å². The summed E-state index contributed by atoms with van der Waals surface area (Å²) in [5.74, 6) is 3.19. The van der Waals surface area contributed by atoms with E-state index in [9.17, 15) is 0 Å². The SMILES string of the molecule is CCCCCCCCCCCCCC(C)(c1ccc(Oc2ccc(N)cc2)cc1)c1ccc(Oc2ccc(N)cc2)cc1. The highest BCUT2D eigenvalue weighted by molar-refractivity contribution is 5.47. The Balaban J connectivity index is 1.40. The first-order chi connectivity index (χ1) is 21.0. The third kappa shape index (κ3) is 10.1. The first kappa shape index (κ1) is 32.0. The minimum absolute atomic E-state index is 0.126. The predicted molar refractivity (Wildman–Crippen MR) is 182 cm³/mol. The van der Waals surface area contributed by atoms with Gasteiger partial charge in [-0.3, -0.25) is 0 Å². The molecule has 43 heavy (non-hydrogen) atoms. The van der Waals surface area contributed by atoms with Gasteiger partial charge in [-0.05, 0) is 90.3 Å². The van der Waals surface area contributed by atoms with Crippen LogP contribution >= 0.6 is 0 Å². The van der Waals surface area contributed by atoms with Crippen molar-refractivity contribution in [3.8, 4) is 23.0 Å². The number of nitrogen functional groups attached to an aromatic ring is 2. The average Bonchev–Trinajstić information content (AvgIpc) is 3.03. The molecule has 0 spiro atoms. The molecular formula is C39H50N2O2. The molecule has 0 saturated heterocycles. The molecule has 4 heteroatoms. The van der Waals surface area contributed by atoms with Crippen LogP contribution in [0.25, 0.3) is 0 Å². The molecule has 0 aliphatic rings. The molecule has 4 aromatic rings. The normalized spacial score (nSPS) is 11.4. The number of unbranched alkanes of at least 4 members (excludes halogenated alkanes) is 10. The van der Waals surface area contributed by atoms with Crippen LogP contribution in [0.15, 0.2) is 97.1 Å². The Labute approximate surface area is 259 Å². The maximum atomic E-state index is 6.08. The summed E-state index contributed by atoms with van der Waals surface area (Å²) >= 11 is 0. The van der Waals surface area contributed by atoms with E-state index < -0.39 is 0 Å². The van der Waals surface area contributed by atoms with Gasteiger partial charge in [0.15, 0.2) is 0 Å². The number of hydrogen-bond donors (Lipinski definition) is 2. The van der Waals surface area contributed by atoms with Crippen molar-refractivity contribution >= 4 is 11.4 Å². The zero-order valence-corrected chi connectivity index (χ0v) is 26.2. The number of benzene rings is 4. The van der Waals surface area contributed by atoms with Gasteiger partial charge in [0.1, 0.15) is 23.0 Å². The van der Waals surface area contributed by atoms with Crippen molar-refractivity contribution < 1.29 is 9.47 Å². The first-order valence-electron chi connectivity index (χ1n) is 16.2. The van der Waals surface area contributed by atoms with Crippen molar-refractivity contribution in [2.24, 2.45) is 0 Å². The molecule has 0 fully saturated rings. The zero-order valence-electron chi connectivity index (χ0n) is 26.2. The molecule has 0 aliphatic carbocycles. The molecule has 0 aromatic heterocycles. The van der Waals surface area contributed by atoms with Crippen molar-refractivity contribution in [3.63, 3.8) is 0 Å². The Kier molecular flexibility index (Phi) is 12.4. The minimum Gasteiger partial charge on any atom is -0.457 e. The Morgan fingerprint density at radius 2 is 0.744 bits per heavy atom. The second-order valence-electron chi connectivity index (χ2n) is 12.0. The van der Waals surface area contributed by atoms with Gasteiger partial charge >= 0.3 is 0 Å². The molecule has 0 radical (unpaired) electrons. The molecule has 4 nitrogen and oxygen atoms in total. The molecule has 228 valence electrons. The quantitative estimate of drug-likeness (QED) is 0.0910. The third-order valence-corrected chi connectivity index (χ3v) is 8.49. The minimum atomic E-state index is -0.126. The van der Waals surface area contributed by atoms with E-state index in [1.54, 1.807) is 0 Å². The predicted octanol–water partition coefficient (Wildman–Crippen LogP) is 11.4. The summed E-state index contributed by atoms with van der Waals surface area (Å²) in [6.07, 6.45) is 15.9. The molecule has 0 unspecified atom stereocenters. The second-order valence-corrected chi connectivity index (χ2v) is 12.0. The summed E-state index contributed by atoms with van der Waals surface area (Å²) < 4.78 is 12.2. The summed E-state index contributed by atoms with van der Waals surface area (Å²) in [6.45, 7) is 4.65. The van der Waals surface area contributed by atoms with E-state index >= 15 is 0 Å². The lowest BCUT2D eigenvalue weighted by atomic mass is 9.72. The van der Waals surface area contributed by atoms with Crippen molar-refractivity contribution in [3.05, 3.63) is 108 Å². The topological polar surface area (TPSA) is 70.5 Å². The van der Waals surface area contributed by atoms with Gasteiger partial charge in [0.25, 0.3) is 0 Å². The van der Waals surface area contributed by atoms with Gasteiger partial charge in [0.05, 0.1) is 0 Å². The van der Waals surface area contributed by atoms with E-state index in [1.807, 2.05) is 48.5 Å². The van der Waals surface area contributed by atoms with Gasteiger partial charge in [-0.25, -0.2) is 0 Å². The molecule has 0 amide bonds. The molecule has 0 bridgehead atoms. The highest BCUT2D eigenvalue weighted by Crippen LogP contribution is 2.39. The van der Waals surface area contributed by atoms with Crippen LogP contribution in [0, 0.1) is 0 Å². The van der Waals surface area contributed by atoms with Crippen LogP contribution in [0.4, 0.5) is 11.4 Å². The summed E-state index contributed by atoms with van der Waals surface area (Å²) in [7, 11) is 0. The summed E-state index contributed by atoms with van der Waals surface area (Å²) in [4.78, 5) is 0. The van der Waals surface area contributed by atoms with Crippen LogP contribution < -0.4 is 20.9 Å². The van der Waals surface area contributed by atoms with E-state index in [1.165, 1.54) is 81.8 Å². The smallest absolute Gasteiger partial charge is 0.127 e. The van der Waals surface area contributed by atoms with E-state index in [-0.39, 0.29) is 5.41 Å². The van der Waals surface area contributed by atoms with Crippen molar-refractivity contribution in [1.82, 2.24) is 0 Å². The Hall–Kier alpha value is -3.92. The first-order valence-corrected chi connectivity index (χ1v) is 16.2.